The van der Waals surface area contributed by atoms with E-state index in [0.29, 0.717) is 6.04 Å². The number of hydrogen-bond acceptors (Lipinski definition) is 2. The number of hydrogen-bond donors (Lipinski definition) is 1. The number of nitrogens with one attached hydrogen (secondary N) is 1. The molecule has 0 saturated carbocycles. The van der Waals surface area contributed by atoms with Crippen LogP contribution in [0.2, 0.25) is 0 Å². The number of rotatable bonds is 6. The van der Waals surface area contributed by atoms with Crippen molar-refractivity contribution in [2.75, 3.05) is 18.6 Å². The molecule has 0 aromatic heterocycles. The molecule has 1 aromatic carbocycles. The van der Waals surface area contributed by atoms with Crippen LogP contribution in [0, 0.1) is 0 Å². The van der Waals surface area contributed by atoms with E-state index >= 15 is 0 Å². The lowest BCUT2D eigenvalue weighted by Crippen LogP contribution is -2.21. The molecular formula is C12H18BrNOS. The van der Waals surface area contributed by atoms with Crippen molar-refractivity contribution in [3.63, 3.8) is 0 Å². The van der Waals surface area contributed by atoms with E-state index in [1.165, 1.54) is 5.56 Å². The Morgan fingerprint density at radius 2 is 2.25 bits per heavy atom. The topological polar surface area (TPSA) is 29.1 Å². The normalized spacial score (nSPS) is 14.7. The SMILES string of the molecule is CC(NCCCS(C)=O)c1cccc(Br)c1. The summed E-state index contributed by atoms with van der Waals surface area (Å²) in [5.41, 5.74) is 1.27. The van der Waals surface area contributed by atoms with Crippen LogP contribution >= 0.6 is 15.9 Å². The van der Waals surface area contributed by atoms with Crippen LogP contribution in [-0.4, -0.2) is 22.8 Å². The van der Waals surface area contributed by atoms with Gasteiger partial charge in [-0.1, -0.05) is 28.1 Å². The molecule has 0 radical (unpaired) electrons. The first kappa shape index (κ1) is 13.9. The zero-order valence-electron chi connectivity index (χ0n) is 9.70. The summed E-state index contributed by atoms with van der Waals surface area (Å²) in [5, 5.41) is 3.43. The molecule has 0 saturated heterocycles. The summed E-state index contributed by atoms with van der Waals surface area (Å²) >= 11 is 3.46. The fraction of sp³-hybridized carbons (Fsp3) is 0.500. The van der Waals surface area contributed by atoms with Gasteiger partial charge >= 0.3 is 0 Å². The molecule has 0 aliphatic rings. The molecule has 0 aliphatic carbocycles. The average molecular weight is 304 g/mol. The zero-order chi connectivity index (χ0) is 12.0. The van der Waals surface area contributed by atoms with Gasteiger partial charge in [0.2, 0.25) is 0 Å². The second-order valence-corrected chi connectivity index (χ2v) is 6.33. The molecule has 0 amide bonds. The standard InChI is InChI=1S/C12H18BrNOS/c1-10(14-7-4-8-16(2)15)11-5-3-6-12(13)9-11/h3,5-6,9-10,14H,4,7-8H2,1-2H3. The lowest BCUT2D eigenvalue weighted by Gasteiger charge is -2.14. The molecule has 0 bridgehead atoms. The third kappa shape index (κ3) is 5.23. The lowest BCUT2D eigenvalue weighted by atomic mass is 10.1. The third-order valence-electron chi connectivity index (χ3n) is 2.41. The summed E-state index contributed by atoms with van der Waals surface area (Å²) in [6, 6.07) is 8.63. The first-order chi connectivity index (χ1) is 7.59. The van der Waals surface area contributed by atoms with Gasteiger partial charge in [0.25, 0.3) is 0 Å². The highest BCUT2D eigenvalue weighted by Crippen LogP contribution is 2.17. The summed E-state index contributed by atoms with van der Waals surface area (Å²) in [6.45, 7) is 3.05. The summed E-state index contributed by atoms with van der Waals surface area (Å²) in [5.74, 6) is 0.776. The van der Waals surface area contributed by atoms with Crippen LogP contribution in [0.5, 0.6) is 0 Å². The minimum Gasteiger partial charge on any atom is -0.310 e. The van der Waals surface area contributed by atoms with E-state index in [4.69, 9.17) is 0 Å². The largest absolute Gasteiger partial charge is 0.310 e. The molecule has 0 fully saturated rings. The van der Waals surface area contributed by atoms with E-state index in [2.05, 4.69) is 40.3 Å². The molecule has 1 aromatic rings. The maximum atomic E-state index is 10.9. The van der Waals surface area contributed by atoms with Gasteiger partial charge in [-0.25, -0.2) is 0 Å². The van der Waals surface area contributed by atoms with E-state index in [0.717, 1.165) is 23.2 Å². The Morgan fingerprint density at radius 3 is 2.88 bits per heavy atom. The van der Waals surface area contributed by atoms with Crippen molar-refractivity contribution >= 4 is 26.7 Å². The van der Waals surface area contributed by atoms with Gasteiger partial charge in [-0.05, 0) is 37.6 Å². The predicted octanol–water partition coefficient (Wildman–Crippen LogP) is 2.87. The van der Waals surface area contributed by atoms with E-state index < -0.39 is 10.8 Å². The molecule has 4 heteroatoms. The van der Waals surface area contributed by atoms with Gasteiger partial charge < -0.3 is 5.32 Å². The predicted molar refractivity (Wildman–Crippen MR) is 74.1 cm³/mol. The van der Waals surface area contributed by atoms with Crippen molar-refractivity contribution in [1.29, 1.82) is 0 Å². The minimum absolute atomic E-state index is 0.336. The third-order valence-corrected chi connectivity index (χ3v) is 3.76. The zero-order valence-corrected chi connectivity index (χ0v) is 12.1. The molecule has 2 unspecified atom stereocenters. The Hall–Kier alpha value is -0.190. The van der Waals surface area contributed by atoms with Crippen molar-refractivity contribution in [2.24, 2.45) is 0 Å². The number of halogens is 1. The molecule has 0 spiro atoms. The highest BCUT2D eigenvalue weighted by Gasteiger charge is 2.04. The summed E-state index contributed by atoms with van der Waals surface area (Å²) in [6.07, 6.45) is 2.71. The van der Waals surface area contributed by atoms with Gasteiger partial charge in [-0.15, -0.1) is 0 Å². The fourth-order valence-corrected chi connectivity index (χ4v) is 2.46. The highest BCUT2D eigenvalue weighted by molar-refractivity contribution is 9.10. The van der Waals surface area contributed by atoms with E-state index in [1.54, 1.807) is 6.26 Å². The molecule has 0 aliphatic heterocycles. The Labute approximate surface area is 108 Å². The van der Waals surface area contributed by atoms with E-state index in [9.17, 15) is 4.21 Å². The Bertz CT molecular complexity index is 357. The molecule has 90 valence electrons. The van der Waals surface area contributed by atoms with Crippen LogP contribution in [0.25, 0.3) is 0 Å². The summed E-state index contributed by atoms with van der Waals surface area (Å²) in [4.78, 5) is 0. The monoisotopic (exact) mass is 303 g/mol. The first-order valence-electron chi connectivity index (χ1n) is 5.38. The quantitative estimate of drug-likeness (QED) is 0.819. The highest BCUT2D eigenvalue weighted by atomic mass is 79.9. The molecule has 1 rings (SSSR count). The summed E-state index contributed by atoms with van der Waals surface area (Å²) < 4.78 is 12.0. The summed E-state index contributed by atoms with van der Waals surface area (Å²) in [7, 11) is -0.676. The average Bonchev–Trinajstić information content (AvgIpc) is 2.24. The van der Waals surface area contributed by atoms with E-state index in [-0.39, 0.29) is 0 Å². The lowest BCUT2D eigenvalue weighted by molar-refractivity contribution is 0.570. The van der Waals surface area contributed by atoms with Crippen LogP contribution < -0.4 is 5.32 Å². The first-order valence-corrected chi connectivity index (χ1v) is 7.90. The van der Waals surface area contributed by atoms with Gasteiger partial charge in [-0.3, -0.25) is 4.21 Å². The van der Waals surface area contributed by atoms with Gasteiger partial charge in [-0.2, -0.15) is 0 Å². The van der Waals surface area contributed by atoms with E-state index in [1.807, 2.05) is 12.1 Å². The Kier molecular flexibility index (Phi) is 6.24. The molecule has 16 heavy (non-hydrogen) atoms. The van der Waals surface area contributed by atoms with Gasteiger partial charge in [0.1, 0.15) is 0 Å². The molecular weight excluding hydrogens is 286 g/mol. The van der Waals surface area contributed by atoms with Crippen LogP contribution in [0.1, 0.15) is 24.9 Å². The smallest absolute Gasteiger partial charge is 0.0292 e. The molecule has 1 N–H and O–H groups in total. The Morgan fingerprint density at radius 1 is 1.50 bits per heavy atom. The van der Waals surface area contributed by atoms with Crippen molar-refractivity contribution in [2.45, 2.75) is 19.4 Å². The second kappa shape index (κ2) is 7.20. The Balaban J connectivity index is 2.35. The molecule has 2 atom stereocenters. The second-order valence-electron chi connectivity index (χ2n) is 3.86. The van der Waals surface area contributed by atoms with Crippen molar-refractivity contribution in [3.05, 3.63) is 34.3 Å². The molecule has 2 nitrogen and oxygen atoms in total. The van der Waals surface area contributed by atoms with Crippen LogP contribution in [0.15, 0.2) is 28.7 Å². The van der Waals surface area contributed by atoms with Gasteiger partial charge in [0, 0.05) is 33.3 Å². The fourth-order valence-electron chi connectivity index (χ4n) is 1.49. The minimum atomic E-state index is -0.676. The van der Waals surface area contributed by atoms with Gasteiger partial charge in [0.15, 0.2) is 0 Å². The van der Waals surface area contributed by atoms with Crippen molar-refractivity contribution < 1.29 is 4.21 Å². The number of benzene rings is 1. The maximum Gasteiger partial charge on any atom is 0.0292 e. The van der Waals surface area contributed by atoms with Crippen LogP contribution in [0.4, 0.5) is 0 Å². The van der Waals surface area contributed by atoms with Crippen molar-refractivity contribution in [3.8, 4) is 0 Å². The van der Waals surface area contributed by atoms with Gasteiger partial charge in [0.05, 0.1) is 0 Å². The maximum absolute atomic E-state index is 10.9. The van der Waals surface area contributed by atoms with Crippen LogP contribution in [-0.2, 0) is 10.8 Å². The van der Waals surface area contributed by atoms with Crippen LogP contribution in [0.3, 0.4) is 0 Å². The molecule has 0 heterocycles. The van der Waals surface area contributed by atoms with Crippen molar-refractivity contribution in [1.82, 2.24) is 5.32 Å².